The standard InChI is InChI=1S/C17H13BrN6O2/c1-25-13-5-3-2-4-12(13)24-15(19)14(21-23-24)17-20-16(22-26-17)10-6-8-11(18)9-7-10/h2-9H,19H2,1H3. The zero-order chi connectivity index (χ0) is 18.1. The van der Waals surface area contributed by atoms with Crippen LogP contribution in [0.15, 0.2) is 57.5 Å². The second-order valence-electron chi connectivity index (χ2n) is 5.34. The molecule has 0 saturated heterocycles. The molecule has 2 N–H and O–H groups in total. The smallest absolute Gasteiger partial charge is 0.282 e. The van der Waals surface area contributed by atoms with Gasteiger partial charge in [-0.15, -0.1) is 5.10 Å². The van der Waals surface area contributed by atoms with Crippen molar-refractivity contribution in [3.8, 4) is 34.4 Å². The van der Waals surface area contributed by atoms with E-state index >= 15 is 0 Å². The van der Waals surface area contributed by atoms with Gasteiger partial charge in [-0.1, -0.05) is 38.4 Å². The fourth-order valence-corrected chi connectivity index (χ4v) is 2.72. The Morgan fingerprint density at radius 3 is 2.65 bits per heavy atom. The number of ether oxygens (including phenoxy) is 1. The molecule has 0 fully saturated rings. The topological polar surface area (TPSA) is 105 Å². The van der Waals surface area contributed by atoms with Crippen molar-refractivity contribution < 1.29 is 9.26 Å². The summed E-state index contributed by atoms with van der Waals surface area (Å²) < 4.78 is 13.1. The molecule has 0 aliphatic carbocycles. The molecule has 0 radical (unpaired) electrons. The van der Waals surface area contributed by atoms with Crippen LogP contribution in [-0.2, 0) is 0 Å². The number of aromatic nitrogens is 5. The largest absolute Gasteiger partial charge is 0.494 e. The zero-order valence-electron chi connectivity index (χ0n) is 13.6. The van der Waals surface area contributed by atoms with Crippen molar-refractivity contribution in [2.24, 2.45) is 0 Å². The van der Waals surface area contributed by atoms with E-state index in [4.69, 9.17) is 15.0 Å². The molecule has 0 spiro atoms. The van der Waals surface area contributed by atoms with E-state index in [1.165, 1.54) is 4.68 Å². The summed E-state index contributed by atoms with van der Waals surface area (Å²) >= 11 is 3.39. The molecule has 130 valence electrons. The Labute approximate surface area is 156 Å². The van der Waals surface area contributed by atoms with Gasteiger partial charge in [0.2, 0.25) is 5.82 Å². The summed E-state index contributed by atoms with van der Waals surface area (Å²) in [5.41, 5.74) is 8.00. The van der Waals surface area contributed by atoms with Gasteiger partial charge < -0.3 is 15.0 Å². The lowest BCUT2D eigenvalue weighted by Crippen LogP contribution is -2.04. The molecule has 9 heteroatoms. The van der Waals surface area contributed by atoms with Crippen LogP contribution in [0.2, 0.25) is 0 Å². The van der Waals surface area contributed by atoms with Crippen molar-refractivity contribution in [2.45, 2.75) is 0 Å². The Bertz CT molecular complexity index is 1060. The van der Waals surface area contributed by atoms with Gasteiger partial charge in [0.05, 0.1) is 7.11 Å². The van der Waals surface area contributed by atoms with Crippen LogP contribution in [0.25, 0.3) is 28.7 Å². The number of nitrogen functional groups attached to an aromatic ring is 1. The SMILES string of the molecule is COc1ccccc1-n1nnc(-c2nc(-c3ccc(Br)cc3)no2)c1N. The van der Waals surface area contributed by atoms with E-state index in [9.17, 15) is 0 Å². The minimum atomic E-state index is 0.196. The fraction of sp³-hybridized carbons (Fsp3) is 0.0588. The van der Waals surface area contributed by atoms with Gasteiger partial charge in [-0.05, 0) is 36.4 Å². The molecular weight excluding hydrogens is 400 g/mol. The molecule has 0 amide bonds. The van der Waals surface area contributed by atoms with Gasteiger partial charge >= 0.3 is 0 Å². The maximum atomic E-state index is 6.21. The van der Waals surface area contributed by atoms with Crippen molar-refractivity contribution in [3.63, 3.8) is 0 Å². The van der Waals surface area contributed by atoms with Crippen LogP contribution in [0.4, 0.5) is 5.82 Å². The van der Waals surface area contributed by atoms with Crippen LogP contribution >= 0.6 is 15.9 Å². The van der Waals surface area contributed by atoms with E-state index in [0.717, 1.165) is 10.0 Å². The van der Waals surface area contributed by atoms with Crippen molar-refractivity contribution in [2.75, 3.05) is 12.8 Å². The van der Waals surface area contributed by atoms with Crippen molar-refractivity contribution >= 4 is 21.7 Å². The number of nitrogens with two attached hydrogens (primary N) is 1. The van der Waals surface area contributed by atoms with Gasteiger partial charge in [0.1, 0.15) is 11.4 Å². The van der Waals surface area contributed by atoms with Gasteiger partial charge in [0.15, 0.2) is 11.5 Å². The molecule has 2 heterocycles. The number of methoxy groups -OCH3 is 1. The van der Waals surface area contributed by atoms with Crippen LogP contribution in [0.3, 0.4) is 0 Å². The maximum absolute atomic E-state index is 6.21. The Morgan fingerprint density at radius 1 is 1.12 bits per heavy atom. The molecule has 2 aromatic heterocycles. The molecule has 0 bridgehead atoms. The van der Waals surface area contributed by atoms with Gasteiger partial charge in [0, 0.05) is 10.0 Å². The summed E-state index contributed by atoms with van der Waals surface area (Å²) in [5.74, 6) is 1.54. The van der Waals surface area contributed by atoms with Crippen molar-refractivity contribution in [1.82, 2.24) is 25.1 Å². The normalized spacial score (nSPS) is 10.8. The summed E-state index contributed by atoms with van der Waals surface area (Å²) in [7, 11) is 1.58. The Hall–Kier alpha value is -3.20. The minimum Gasteiger partial charge on any atom is -0.494 e. The second kappa shape index (κ2) is 6.60. The molecule has 8 nitrogen and oxygen atoms in total. The monoisotopic (exact) mass is 412 g/mol. The highest BCUT2D eigenvalue weighted by molar-refractivity contribution is 9.10. The predicted molar refractivity (Wildman–Crippen MR) is 98.8 cm³/mol. The van der Waals surface area contributed by atoms with Gasteiger partial charge in [-0.25, -0.2) is 0 Å². The Morgan fingerprint density at radius 2 is 1.88 bits per heavy atom. The third kappa shape index (κ3) is 2.82. The van der Waals surface area contributed by atoms with E-state index in [2.05, 4.69) is 36.4 Å². The summed E-state index contributed by atoms with van der Waals surface area (Å²) in [4.78, 5) is 4.37. The fourth-order valence-electron chi connectivity index (χ4n) is 2.46. The Kier molecular flexibility index (Phi) is 4.13. The van der Waals surface area contributed by atoms with E-state index in [1.807, 2.05) is 48.5 Å². The minimum absolute atomic E-state index is 0.196. The number of rotatable bonds is 4. The number of hydrogen-bond donors (Lipinski definition) is 1. The van der Waals surface area contributed by atoms with Crippen molar-refractivity contribution in [3.05, 3.63) is 53.0 Å². The molecule has 0 aliphatic rings. The average Bonchev–Trinajstić information content (AvgIpc) is 3.29. The van der Waals surface area contributed by atoms with E-state index < -0.39 is 0 Å². The first-order chi connectivity index (χ1) is 12.7. The van der Waals surface area contributed by atoms with Crippen molar-refractivity contribution in [1.29, 1.82) is 0 Å². The quantitative estimate of drug-likeness (QED) is 0.547. The van der Waals surface area contributed by atoms with E-state index in [1.54, 1.807) is 7.11 Å². The number of para-hydroxylation sites is 2. The lowest BCUT2D eigenvalue weighted by atomic mass is 10.2. The molecular formula is C17H13BrN6O2. The third-order valence-electron chi connectivity index (χ3n) is 3.75. The van der Waals surface area contributed by atoms with Crippen LogP contribution in [0.5, 0.6) is 5.75 Å². The number of anilines is 1. The first-order valence-electron chi connectivity index (χ1n) is 7.62. The highest BCUT2D eigenvalue weighted by Gasteiger charge is 2.21. The summed E-state index contributed by atoms with van der Waals surface area (Å²) in [6.45, 7) is 0. The molecule has 0 unspecified atom stereocenters. The number of nitrogens with zero attached hydrogens (tertiary/aromatic N) is 5. The number of halogens is 1. The molecule has 26 heavy (non-hydrogen) atoms. The first-order valence-corrected chi connectivity index (χ1v) is 8.41. The summed E-state index contributed by atoms with van der Waals surface area (Å²) in [6.07, 6.45) is 0. The molecule has 4 rings (SSSR count). The van der Waals surface area contributed by atoms with Crippen LogP contribution in [0.1, 0.15) is 0 Å². The molecule has 0 saturated carbocycles. The van der Waals surface area contributed by atoms with E-state index in [0.29, 0.717) is 23.0 Å². The first kappa shape index (κ1) is 16.3. The lowest BCUT2D eigenvalue weighted by molar-refractivity contribution is 0.411. The van der Waals surface area contributed by atoms with Crippen LogP contribution in [0, 0.1) is 0 Å². The Balaban J connectivity index is 1.72. The van der Waals surface area contributed by atoms with Gasteiger partial charge in [0.25, 0.3) is 5.89 Å². The lowest BCUT2D eigenvalue weighted by Gasteiger charge is -2.08. The zero-order valence-corrected chi connectivity index (χ0v) is 15.2. The predicted octanol–water partition coefficient (Wildman–Crippen LogP) is 3.34. The summed E-state index contributed by atoms with van der Waals surface area (Å²) in [5, 5.41) is 12.2. The van der Waals surface area contributed by atoms with E-state index in [-0.39, 0.29) is 11.7 Å². The molecule has 4 aromatic rings. The summed E-state index contributed by atoms with van der Waals surface area (Å²) in [6, 6.07) is 14.9. The van der Waals surface area contributed by atoms with Crippen LogP contribution < -0.4 is 10.5 Å². The van der Waals surface area contributed by atoms with Gasteiger partial charge in [-0.3, -0.25) is 0 Å². The number of benzene rings is 2. The highest BCUT2D eigenvalue weighted by atomic mass is 79.9. The third-order valence-corrected chi connectivity index (χ3v) is 4.28. The average molecular weight is 413 g/mol. The molecule has 0 aliphatic heterocycles. The molecule has 2 aromatic carbocycles. The molecule has 0 atom stereocenters. The van der Waals surface area contributed by atoms with Crippen LogP contribution in [-0.4, -0.2) is 32.2 Å². The number of hydrogen-bond acceptors (Lipinski definition) is 7. The second-order valence-corrected chi connectivity index (χ2v) is 6.25. The van der Waals surface area contributed by atoms with Gasteiger partial charge in [-0.2, -0.15) is 9.67 Å². The highest BCUT2D eigenvalue weighted by Crippen LogP contribution is 2.29. The maximum Gasteiger partial charge on any atom is 0.282 e.